The molecule has 1 aromatic carbocycles. The van der Waals surface area contributed by atoms with Crippen molar-refractivity contribution in [3.63, 3.8) is 0 Å². The highest BCUT2D eigenvalue weighted by molar-refractivity contribution is 5.46. The number of unbranched alkanes of at least 4 members (excludes halogenated alkanes) is 5. The van der Waals surface area contributed by atoms with Crippen LogP contribution in [0.2, 0.25) is 0 Å². The molecule has 0 fully saturated rings. The molecule has 0 atom stereocenters. The maximum Gasteiger partial charge on any atom is 0.276 e. The van der Waals surface area contributed by atoms with Gasteiger partial charge in [-0.05, 0) is 18.4 Å². The summed E-state index contributed by atoms with van der Waals surface area (Å²) in [6, 6.07) is 3.86. The van der Waals surface area contributed by atoms with Crippen LogP contribution in [0.4, 0.5) is 11.4 Å². The third-order valence-corrected chi connectivity index (χ3v) is 3.20. The molecule has 1 rings (SSSR count). The van der Waals surface area contributed by atoms with E-state index in [1.165, 1.54) is 31.4 Å². The van der Waals surface area contributed by atoms with Gasteiger partial charge < -0.3 is 0 Å². The van der Waals surface area contributed by atoms with Gasteiger partial charge in [0, 0.05) is 12.1 Å². The van der Waals surface area contributed by atoms with Crippen LogP contribution in [-0.2, 0) is 6.42 Å². The Balaban J connectivity index is 2.60. The summed E-state index contributed by atoms with van der Waals surface area (Å²) in [7, 11) is 0. The molecule has 0 N–H and O–H groups in total. The molecule has 0 radical (unpaired) electrons. The Labute approximate surface area is 118 Å². The first-order valence-corrected chi connectivity index (χ1v) is 6.97. The van der Waals surface area contributed by atoms with Gasteiger partial charge >= 0.3 is 0 Å². The van der Waals surface area contributed by atoms with E-state index in [0.717, 1.165) is 25.3 Å². The highest BCUT2D eigenvalue weighted by Gasteiger charge is 2.15. The highest BCUT2D eigenvalue weighted by Crippen LogP contribution is 2.24. The van der Waals surface area contributed by atoms with Crippen molar-refractivity contribution in [2.75, 3.05) is 0 Å². The SMILES string of the molecule is CCCCCCCCc1cc([N+](=O)[O-])cc([N+](=O)[O-])c1. The summed E-state index contributed by atoms with van der Waals surface area (Å²) in [6.07, 6.45) is 7.36. The van der Waals surface area contributed by atoms with Crippen LogP contribution in [0.3, 0.4) is 0 Å². The van der Waals surface area contributed by atoms with Gasteiger partial charge in [0.2, 0.25) is 0 Å². The summed E-state index contributed by atoms with van der Waals surface area (Å²) in [6.45, 7) is 2.15. The van der Waals surface area contributed by atoms with Gasteiger partial charge in [-0.3, -0.25) is 20.2 Å². The molecule has 1 aromatic rings. The second-order valence-corrected chi connectivity index (χ2v) is 4.89. The molecule has 6 heteroatoms. The zero-order valence-electron chi connectivity index (χ0n) is 11.7. The van der Waals surface area contributed by atoms with Gasteiger partial charge in [0.15, 0.2) is 0 Å². The minimum Gasteiger partial charge on any atom is -0.258 e. The summed E-state index contributed by atoms with van der Waals surface area (Å²) < 4.78 is 0. The number of aryl methyl sites for hydroxylation is 1. The molecule has 0 spiro atoms. The van der Waals surface area contributed by atoms with Gasteiger partial charge in [0.05, 0.1) is 15.9 Å². The summed E-state index contributed by atoms with van der Waals surface area (Å²) >= 11 is 0. The summed E-state index contributed by atoms with van der Waals surface area (Å²) in [5, 5.41) is 21.5. The van der Waals surface area contributed by atoms with Crippen LogP contribution in [0.1, 0.15) is 51.0 Å². The Morgan fingerprint density at radius 2 is 1.35 bits per heavy atom. The summed E-state index contributed by atoms with van der Waals surface area (Å²) in [5.74, 6) is 0. The van der Waals surface area contributed by atoms with Crippen LogP contribution >= 0.6 is 0 Å². The topological polar surface area (TPSA) is 86.3 Å². The zero-order valence-corrected chi connectivity index (χ0v) is 11.7. The lowest BCUT2D eigenvalue weighted by atomic mass is 10.0. The lowest BCUT2D eigenvalue weighted by Gasteiger charge is -2.02. The van der Waals surface area contributed by atoms with E-state index in [0.29, 0.717) is 12.0 Å². The number of nitrogens with zero attached hydrogens (tertiary/aromatic N) is 2. The van der Waals surface area contributed by atoms with Crippen molar-refractivity contribution in [1.29, 1.82) is 0 Å². The van der Waals surface area contributed by atoms with Gasteiger partial charge in [0.1, 0.15) is 0 Å². The molecule has 0 aromatic heterocycles. The van der Waals surface area contributed by atoms with Crippen molar-refractivity contribution in [3.8, 4) is 0 Å². The van der Waals surface area contributed by atoms with Crippen molar-refractivity contribution in [2.45, 2.75) is 51.9 Å². The van der Waals surface area contributed by atoms with Crippen LogP contribution in [0, 0.1) is 20.2 Å². The Bertz CT molecular complexity index is 442. The van der Waals surface area contributed by atoms with E-state index >= 15 is 0 Å². The lowest BCUT2D eigenvalue weighted by Crippen LogP contribution is -1.96. The Morgan fingerprint density at radius 1 is 0.850 bits per heavy atom. The monoisotopic (exact) mass is 280 g/mol. The quantitative estimate of drug-likeness (QED) is 0.381. The third kappa shape index (κ3) is 5.34. The van der Waals surface area contributed by atoms with Gasteiger partial charge in [-0.2, -0.15) is 0 Å². The average Bonchev–Trinajstić information content (AvgIpc) is 2.42. The van der Waals surface area contributed by atoms with E-state index < -0.39 is 9.85 Å². The predicted octanol–water partition coefficient (Wildman–Crippen LogP) is 4.41. The fourth-order valence-electron chi connectivity index (χ4n) is 2.12. The molecule has 0 saturated carbocycles. The van der Waals surface area contributed by atoms with E-state index in [-0.39, 0.29) is 11.4 Å². The lowest BCUT2D eigenvalue weighted by molar-refractivity contribution is -0.394. The first-order valence-electron chi connectivity index (χ1n) is 6.97. The van der Waals surface area contributed by atoms with Crippen molar-refractivity contribution in [3.05, 3.63) is 44.0 Å². The van der Waals surface area contributed by atoms with Crippen molar-refractivity contribution in [1.82, 2.24) is 0 Å². The minimum atomic E-state index is -0.586. The minimum absolute atomic E-state index is 0.208. The second-order valence-electron chi connectivity index (χ2n) is 4.89. The fraction of sp³-hybridized carbons (Fsp3) is 0.571. The molecule has 0 unspecified atom stereocenters. The van der Waals surface area contributed by atoms with Crippen LogP contribution in [-0.4, -0.2) is 9.85 Å². The number of nitro benzene ring substituents is 2. The van der Waals surface area contributed by atoms with E-state index in [9.17, 15) is 20.2 Å². The smallest absolute Gasteiger partial charge is 0.258 e. The summed E-state index contributed by atoms with van der Waals surface area (Å²) in [4.78, 5) is 20.3. The van der Waals surface area contributed by atoms with Crippen LogP contribution in [0.15, 0.2) is 18.2 Å². The van der Waals surface area contributed by atoms with E-state index in [4.69, 9.17) is 0 Å². The number of hydrogen-bond donors (Lipinski definition) is 0. The molecule has 20 heavy (non-hydrogen) atoms. The van der Waals surface area contributed by atoms with Gasteiger partial charge in [-0.1, -0.05) is 39.0 Å². The predicted molar refractivity (Wildman–Crippen MR) is 76.8 cm³/mol. The molecule has 0 amide bonds. The molecule has 0 aliphatic rings. The molecule has 0 saturated heterocycles. The average molecular weight is 280 g/mol. The molecule has 0 aliphatic heterocycles. The first-order chi connectivity index (χ1) is 9.54. The fourth-order valence-corrected chi connectivity index (χ4v) is 2.12. The number of benzene rings is 1. The van der Waals surface area contributed by atoms with Gasteiger partial charge in [0.25, 0.3) is 11.4 Å². The largest absolute Gasteiger partial charge is 0.276 e. The van der Waals surface area contributed by atoms with Crippen molar-refractivity contribution in [2.24, 2.45) is 0 Å². The van der Waals surface area contributed by atoms with Gasteiger partial charge in [-0.15, -0.1) is 0 Å². The standard InChI is InChI=1S/C14H20N2O4/c1-2-3-4-5-6-7-8-12-9-13(15(17)18)11-14(10-12)16(19)20/h9-11H,2-8H2,1H3. The molecular weight excluding hydrogens is 260 g/mol. The van der Waals surface area contributed by atoms with Gasteiger partial charge in [-0.25, -0.2) is 0 Å². The molecular formula is C14H20N2O4. The zero-order chi connectivity index (χ0) is 15.0. The Morgan fingerprint density at radius 3 is 1.85 bits per heavy atom. The van der Waals surface area contributed by atoms with E-state index in [1.54, 1.807) is 0 Å². The molecule has 110 valence electrons. The van der Waals surface area contributed by atoms with Crippen LogP contribution in [0.25, 0.3) is 0 Å². The first kappa shape index (κ1) is 16.1. The van der Waals surface area contributed by atoms with Crippen molar-refractivity contribution < 1.29 is 9.85 Å². The van der Waals surface area contributed by atoms with Crippen LogP contribution < -0.4 is 0 Å². The second kappa shape index (κ2) is 8.24. The number of non-ortho nitro benzene ring substituents is 2. The maximum absolute atomic E-state index is 10.8. The molecule has 0 bridgehead atoms. The number of rotatable bonds is 9. The van der Waals surface area contributed by atoms with Crippen LogP contribution in [0.5, 0.6) is 0 Å². The highest BCUT2D eigenvalue weighted by atomic mass is 16.6. The number of hydrogen-bond acceptors (Lipinski definition) is 4. The normalized spacial score (nSPS) is 10.4. The molecule has 0 aliphatic carbocycles. The van der Waals surface area contributed by atoms with E-state index in [1.807, 2.05) is 0 Å². The third-order valence-electron chi connectivity index (χ3n) is 3.20. The summed E-state index contributed by atoms with van der Waals surface area (Å²) in [5.41, 5.74) is 0.252. The number of nitro groups is 2. The Hall–Kier alpha value is -1.98. The Kier molecular flexibility index (Phi) is 6.63. The molecule has 6 nitrogen and oxygen atoms in total. The van der Waals surface area contributed by atoms with Crippen molar-refractivity contribution >= 4 is 11.4 Å². The molecule has 0 heterocycles. The van der Waals surface area contributed by atoms with E-state index in [2.05, 4.69) is 6.92 Å². The maximum atomic E-state index is 10.8.